The fourth-order valence-corrected chi connectivity index (χ4v) is 4.70. The minimum Gasteiger partial charge on any atom is -0.445 e. The lowest BCUT2D eigenvalue weighted by atomic mass is 9.92. The molecule has 33 heavy (non-hydrogen) atoms. The van der Waals surface area contributed by atoms with E-state index in [4.69, 9.17) is 14.2 Å². The van der Waals surface area contributed by atoms with E-state index in [9.17, 15) is 4.79 Å². The van der Waals surface area contributed by atoms with Crippen LogP contribution in [0.25, 0.3) is 0 Å². The highest BCUT2D eigenvalue weighted by atomic mass is 16.6. The topological polar surface area (TPSA) is 51.2 Å². The molecule has 6 heteroatoms. The molecule has 0 spiro atoms. The molecule has 184 valence electrons. The molecule has 1 heterocycles. The van der Waals surface area contributed by atoms with E-state index in [1.807, 2.05) is 35.2 Å². The summed E-state index contributed by atoms with van der Waals surface area (Å²) < 4.78 is 17.1. The second-order valence-corrected chi connectivity index (χ2v) is 9.15. The highest BCUT2D eigenvalue weighted by molar-refractivity contribution is 5.68. The first-order valence-corrected chi connectivity index (χ1v) is 12.8. The smallest absolute Gasteiger partial charge is 0.410 e. The summed E-state index contributed by atoms with van der Waals surface area (Å²) in [5.74, 6) is 0. The summed E-state index contributed by atoms with van der Waals surface area (Å²) in [6.07, 6.45) is 10.7. The van der Waals surface area contributed by atoms with E-state index < -0.39 is 0 Å². The van der Waals surface area contributed by atoms with Gasteiger partial charge in [0, 0.05) is 32.3 Å². The molecule has 2 fully saturated rings. The van der Waals surface area contributed by atoms with Crippen LogP contribution in [0.2, 0.25) is 0 Å². The third-order valence-corrected chi connectivity index (χ3v) is 6.68. The summed E-state index contributed by atoms with van der Waals surface area (Å²) in [4.78, 5) is 17.0. The quantitative estimate of drug-likeness (QED) is 0.306. The molecule has 3 rings (SSSR count). The van der Waals surface area contributed by atoms with Gasteiger partial charge in [-0.25, -0.2) is 4.79 Å². The summed E-state index contributed by atoms with van der Waals surface area (Å²) in [6.45, 7) is 10.6. The van der Waals surface area contributed by atoms with Crippen LogP contribution in [0, 0.1) is 0 Å². The Kier molecular flexibility index (Phi) is 11.8. The molecule has 1 aliphatic carbocycles. The Morgan fingerprint density at radius 3 is 2.52 bits per heavy atom. The molecule has 0 aromatic heterocycles. The average molecular weight is 459 g/mol. The van der Waals surface area contributed by atoms with E-state index in [-0.39, 0.29) is 12.1 Å². The lowest BCUT2D eigenvalue weighted by Crippen LogP contribution is -2.43. The number of morpholine rings is 1. The van der Waals surface area contributed by atoms with Crippen molar-refractivity contribution in [2.75, 3.05) is 46.0 Å². The number of rotatable bonds is 13. The van der Waals surface area contributed by atoms with Crippen molar-refractivity contribution >= 4 is 6.09 Å². The van der Waals surface area contributed by atoms with Gasteiger partial charge in [-0.05, 0) is 50.6 Å². The molecule has 0 atom stereocenters. The van der Waals surface area contributed by atoms with Gasteiger partial charge in [-0.15, -0.1) is 6.58 Å². The Hall–Kier alpha value is -1.89. The van der Waals surface area contributed by atoms with Crippen LogP contribution in [0.1, 0.15) is 56.9 Å². The molecular formula is C27H42N2O4. The van der Waals surface area contributed by atoms with E-state index in [0.29, 0.717) is 19.3 Å². The normalized spacial score (nSPS) is 21.5. The highest BCUT2D eigenvalue weighted by Gasteiger charge is 2.29. The highest BCUT2D eigenvalue weighted by Crippen LogP contribution is 2.26. The number of ether oxygens (including phenoxy) is 3. The number of unbranched alkanes of at least 4 members (excludes halogenated alkanes) is 3. The zero-order valence-corrected chi connectivity index (χ0v) is 20.2. The molecule has 0 unspecified atom stereocenters. The third-order valence-electron chi connectivity index (χ3n) is 6.68. The largest absolute Gasteiger partial charge is 0.445 e. The number of amides is 1. The first kappa shape index (κ1) is 25.7. The first-order chi connectivity index (χ1) is 16.3. The molecular weight excluding hydrogens is 416 g/mol. The number of carbonyl (C=O) groups is 1. The lowest BCUT2D eigenvalue weighted by molar-refractivity contribution is 0.00478. The second-order valence-electron chi connectivity index (χ2n) is 9.15. The summed E-state index contributed by atoms with van der Waals surface area (Å²) >= 11 is 0. The van der Waals surface area contributed by atoms with Gasteiger partial charge in [-0.3, -0.25) is 4.90 Å². The molecule has 0 radical (unpaired) electrons. The third kappa shape index (κ3) is 9.48. The maximum atomic E-state index is 12.7. The summed E-state index contributed by atoms with van der Waals surface area (Å²) in [7, 11) is 0. The molecule has 0 N–H and O–H groups in total. The lowest BCUT2D eigenvalue weighted by Gasteiger charge is -2.35. The van der Waals surface area contributed by atoms with Crippen molar-refractivity contribution in [1.29, 1.82) is 0 Å². The summed E-state index contributed by atoms with van der Waals surface area (Å²) in [5, 5.41) is 0. The standard InChI is InChI=1S/C27H42N2O4/c1-2-16-29(27(30)33-23-24-10-6-5-7-11-24)25-12-14-26(15-13-25)32-20-9-4-3-8-17-28-18-21-31-22-19-28/h2,5-7,10-11,25-26H,1,3-4,8-9,12-23H2/t25-,26-. The predicted molar refractivity (Wildman–Crippen MR) is 131 cm³/mol. The van der Waals surface area contributed by atoms with Gasteiger partial charge in [-0.1, -0.05) is 49.2 Å². The van der Waals surface area contributed by atoms with Gasteiger partial charge in [0.15, 0.2) is 0 Å². The van der Waals surface area contributed by atoms with E-state index in [2.05, 4.69) is 11.5 Å². The minimum absolute atomic E-state index is 0.200. The van der Waals surface area contributed by atoms with Crippen LogP contribution in [-0.4, -0.2) is 74.0 Å². The molecule has 1 aromatic rings. The van der Waals surface area contributed by atoms with Crippen LogP contribution in [0.15, 0.2) is 43.0 Å². The Balaban J connectivity index is 1.26. The fourth-order valence-electron chi connectivity index (χ4n) is 4.70. The van der Waals surface area contributed by atoms with Crippen molar-refractivity contribution in [1.82, 2.24) is 9.80 Å². The zero-order chi connectivity index (χ0) is 23.1. The van der Waals surface area contributed by atoms with Crippen molar-refractivity contribution in [3.63, 3.8) is 0 Å². The van der Waals surface area contributed by atoms with Gasteiger partial charge in [0.05, 0.1) is 19.3 Å². The van der Waals surface area contributed by atoms with Crippen LogP contribution in [0.5, 0.6) is 0 Å². The van der Waals surface area contributed by atoms with Crippen molar-refractivity contribution in [3.05, 3.63) is 48.6 Å². The van der Waals surface area contributed by atoms with Crippen LogP contribution < -0.4 is 0 Å². The Morgan fingerprint density at radius 2 is 1.79 bits per heavy atom. The SMILES string of the molecule is C=CCN(C(=O)OCc1ccccc1)[C@H]1CC[C@H](OCCCCCCN2CCOCC2)CC1. The average Bonchev–Trinajstić information content (AvgIpc) is 2.87. The van der Waals surface area contributed by atoms with Gasteiger partial charge >= 0.3 is 6.09 Å². The predicted octanol–water partition coefficient (Wildman–Crippen LogP) is 5.03. The number of nitrogens with zero attached hydrogens (tertiary/aromatic N) is 2. The van der Waals surface area contributed by atoms with Crippen molar-refractivity contribution in [2.24, 2.45) is 0 Å². The number of benzene rings is 1. The molecule has 1 aliphatic heterocycles. The van der Waals surface area contributed by atoms with Crippen LogP contribution in [0.3, 0.4) is 0 Å². The molecule has 0 bridgehead atoms. The molecule has 2 aliphatic rings. The first-order valence-electron chi connectivity index (χ1n) is 12.8. The Morgan fingerprint density at radius 1 is 1.06 bits per heavy atom. The Labute approximate surface area is 199 Å². The van der Waals surface area contributed by atoms with Crippen molar-refractivity contribution in [2.45, 2.75) is 70.1 Å². The molecule has 1 aromatic carbocycles. The van der Waals surface area contributed by atoms with Gasteiger partial charge < -0.3 is 19.1 Å². The molecule has 1 saturated carbocycles. The van der Waals surface area contributed by atoms with Crippen molar-refractivity contribution < 1.29 is 19.0 Å². The maximum absolute atomic E-state index is 12.7. The number of hydrogen-bond acceptors (Lipinski definition) is 5. The summed E-state index contributed by atoms with van der Waals surface area (Å²) in [5.41, 5.74) is 1.00. The van der Waals surface area contributed by atoms with Crippen LogP contribution >= 0.6 is 0 Å². The van der Waals surface area contributed by atoms with E-state index in [1.54, 1.807) is 6.08 Å². The molecule has 6 nitrogen and oxygen atoms in total. The number of carbonyl (C=O) groups excluding carboxylic acids is 1. The van der Waals surface area contributed by atoms with Gasteiger partial charge in [-0.2, -0.15) is 0 Å². The second kappa shape index (κ2) is 15.1. The van der Waals surface area contributed by atoms with Crippen LogP contribution in [-0.2, 0) is 20.8 Å². The number of hydrogen-bond donors (Lipinski definition) is 0. The van der Waals surface area contributed by atoms with Gasteiger partial charge in [0.2, 0.25) is 0 Å². The molecule has 1 amide bonds. The van der Waals surface area contributed by atoms with Crippen LogP contribution in [0.4, 0.5) is 4.79 Å². The van der Waals surface area contributed by atoms with Crippen molar-refractivity contribution in [3.8, 4) is 0 Å². The Bertz CT molecular complexity index is 670. The zero-order valence-electron chi connectivity index (χ0n) is 20.2. The monoisotopic (exact) mass is 458 g/mol. The molecule has 1 saturated heterocycles. The van der Waals surface area contributed by atoms with E-state index in [1.165, 1.54) is 25.8 Å². The van der Waals surface area contributed by atoms with E-state index in [0.717, 1.165) is 70.6 Å². The fraction of sp³-hybridized carbons (Fsp3) is 0.667. The minimum atomic E-state index is -0.250. The summed E-state index contributed by atoms with van der Waals surface area (Å²) in [6, 6.07) is 10.0. The van der Waals surface area contributed by atoms with Gasteiger partial charge in [0.25, 0.3) is 0 Å². The van der Waals surface area contributed by atoms with Gasteiger partial charge in [0.1, 0.15) is 6.61 Å². The van der Waals surface area contributed by atoms with E-state index >= 15 is 0 Å². The maximum Gasteiger partial charge on any atom is 0.410 e.